The Bertz CT molecular complexity index is 742. The summed E-state index contributed by atoms with van der Waals surface area (Å²) < 4.78 is 33.2. The van der Waals surface area contributed by atoms with Crippen LogP contribution in [0.4, 0.5) is 0 Å². The average molecular weight is 734 g/mol. The van der Waals surface area contributed by atoms with Crippen molar-refractivity contribution in [3.05, 3.63) is 0 Å². The smallest absolute Gasteiger partial charge is 0.457 e. The van der Waals surface area contributed by atoms with Crippen LogP contribution in [0, 0.1) is 0 Å². The summed E-state index contributed by atoms with van der Waals surface area (Å²) in [5.41, 5.74) is 5.35. The Hall–Kier alpha value is -0.500. The van der Waals surface area contributed by atoms with Gasteiger partial charge in [-0.2, -0.15) is 0 Å². The van der Waals surface area contributed by atoms with Crippen LogP contribution in [-0.2, 0) is 27.9 Å². The first kappa shape index (κ1) is 49.5. The van der Waals surface area contributed by atoms with Gasteiger partial charge < -0.3 is 20.1 Å². The number of phosphoric acid groups is 1. The molecule has 0 aliphatic heterocycles. The zero-order chi connectivity index (χ0) is 36.6. The van der Waals surface area contributed by atoms with Crippen molar-refractivity contribution in [3.8, 4) is 0 Å². The Morgan fingerprint density at radius 2 is 0.880 bits per heavy atom. The first-order valence-electron chi connectivity index (χ1n) is 21.5. The van der Waals surface area contributed by atoms with Crippen molar-refractivity contribution in [2.24, 2.45) is 5.73 Å². The van der Waals surface area contributed by atoms with Crippen molar-refractivity contribution in [3.63, 3.8) is 0 Å². The molecule has 0 aliphatic rings. The van der Waals surface area contributed by atoms with E-state index in [9.17, 15) is 14.3 Å². The third-order valence-electron chi connectivity index (χ3n) is 9.52. The number of hydrogen-bond acceptors (Lipinski definition) is 7. The van der Waals surface area contributed by atoms with Gasteiger partial charge in [-0.05, 0) is 12.8 Å². The third kappa shape index (κ3) is 38.7. The molecule has 0 aliphatic carbocycles. The Labute approximate surface area is 310 Å². The molecule has 0 rings (SSSR count). The molecule has 300 valence electrons. The number of hydrogen-bond donors (Lipinski definition) is 2. The maximum atomic E-state index is 12.5. The molecule has 0 saturated heterocycles. The normalized spacial score (nSPS) is 13.4. The molecule has 0 heterocycles. The van der Waals surface area contributed by atoms with Crippen molar-refractivity contribution in [1.82, 2.24) is 0 Å². The minimum atomic E-state index is -4.26. The molecular formula is C41H84NO7P. The molecule has 0 bridgehead atoms. The van der Waals surface area contributed by atoms with E-state index >= 15 is 0 Å². The Balaban J connectivity index is 3.77. The lowest BCUT2D eigenvalue weighted by atomic mass is 10.0. The van der Waals surface area contributed by atoms with Gasteiger partial charge in [0.1, 0.15) is 6.10 Å². The molecule has 0 saturated carbocycles. The molecule has 8 nitrogen and oxygen atoms in total. The molecule has 50 heavy (non-hydrogen) atoms. The second kappa shape index (κ2) is 39.7. The summed E-state index contributed by atoms with van der Waals surface area (Å²) in [5, 5.41) is 0. The van der Waals surface area contributed by atoms with Gasteiger partial charge in [0.25, 0.3) is 0 Å². The summed E-state index contributed by atoms with van der Waals surface area (Å²) in [6.07, 6.45) is 40.0. The predicted molar refractivity (Wildman–Crippen MR) is 211 cm³/mol. The van der Waals surface area contributed by atoms with Gasteiger partial charge in [-0.1, -0.05) is 200 Å². The van der Waals surface area contributed by atoms with Crippen molar-refractivity contribution in [2.75, 3.05) is 33.0 Å². The van der Waals surface area contributed by atoms with E-state index in [0.29, 0.717) is 13.0 Å². The SMILES string of the molecule is CCCCCCCCCCCCCCCCCCCCCCCCCCC(=O)OC(COCCCCCCCCC)COP(=O)(O)OCCN. The van der Waals surface area contributed by atoms with Crippen LogP contribution in [0.3, 0.4) is 0 Å². The van der Waals surface area contributed by atoms with Crippen LogP contribution in [0.2, 0.25) is 0 Å². The number of unbranched alkanes of at least 4 members (excludes halogenated alkanes) is 29. The molecule has 0 aromatic rings. The van der Waals surface area contributed by atoms with Crippen molar-refractivity contribution >= 4 is 13.8 Å². The van der Waals surface area contributed by atoms with Crippen LogP contribution in [0.1, 0.15) is 219 Å². The van der Waals surface area contributed by atoms with Crippen molar-refractivity contribution in [2.45, 2.75) is 225 Å². The van der Waals surface area contributed by atoms with Crippen LogP contribution in [0.25, 0.3) is 0 Å². The van der Waals surface area contributed by atoms with Gasteiger partial charge >= 0.3 is 13.8 Å². The number of rotatable bonds is 42. The molecule has 3 N–H and O–H groups in total. The molecule has 0 spiro atoms. The number of carbonyl (C=O) groups is 1. The van der Waals surface area contributed by atoms with E-state index in [1.54, 1.807) is 0 Å². The lowest BCUT2D eigenvalue weighted by Gasteiger charge is -2.20. The molecule has 0 amide bonds. The molecule has 0 fully saturated rings. The highest BCUT2D eigenvalue weighted by molar-refractivity contribution is 7.47. The van der Waals surface area contributed by atoms with Crippen LogP contribution in [0.15, 0.2) is 0 Å². The van der Waals surface area contributed by atoms with E-state index in [4.69, 9.17) is 24.3 Å². The fraction of sp³-hybridized carbons (Fsp3) is 0.976. The number of carbonyl (C=O) groups excluding carboxylic acids is 1. The molecule has 0 aromatic carbocycles. The van der Waals surface area contributed by atoms with E-state index < -0.39 is 13.9 Å². The Morgan fingerprint density at radius 3 is 1.26 bits per heavy atom. The van der Waals surface area contributed by atoms with Gasteiger partial charge in [-0.25, -0.2) is 4.57 Å². The predicted octanol–water partition coefficient (Wildman–Crippen LogP) is 12.5. The van der Waals surface area contributed by atoms with E-state index in [2.05, 4.69) is 13.8 Å². The molecule has 0 radical (unpaired) electrons. The summed E-state index contributed by atoms with van der Waals surface area (Å²) in [5.74, 6) is -0.326. The van der Waals surface area contributed by atoms with E-state index in [-0.39, 0.29) is 32.3 Å². The van der Waals surface area contributed by atoms with Crippen LogP contribution in [0.5, 0.6) is 0 Å². The summed E-state index contributed by atoms with van der Waals surface area (Å²) in [7, 11) is -4.26. The fourth-order valence-electron chi connectivity index (χ4n) is 6.35. The van der Waals surface area contributed by atoms with E-state index in [1.807, 2.05) is 0 Å². The summed E-state index contributed by atoms with van der Waals surface area (Å²) in [6, 6.07) is 0. The highest BCUT2D eigenvalue weighted by Gasteiger charge is 2.25. The average Bonchev–Trinajstić information content (AvgIpc) is 3.10. The number of ether oxygens (including phenoxy) is 2. The van der Waals surface area contributed by atoms with Crippen LogP contribution < -0.4 is 5.73 Å². The lowest BCUT2D eigenvalue weighted by molar-refractivity contribution is -0.154. The highest BCUT2D eigenvalue weighted by Crippen LogP contribution is 2.43. The Kier molecular flexibility index (Phi) is 39.3. The number of nitrogens with two attached hydrogens (primary N) is 1. The van der Waals surface area contributed by atoms with E-state index in [1.165, 1.54) is 167 Å². The first-order chi connectivity index (χ1) is 24.4. The molecule has 9 heteroatoms. The standard InChI is InChI=1S/C41H84NO7P/c1-3-5-7-9-11-12-13-14-15-16-17-18-19-20-21-22-23-24-25-26-27-28-30-32-34-41(43)49-40(39-48-50(44,45)47-37-35-42)38-46-36-33-31-29-10-8-6-4-2/h40H,3-39,42H2,1-2H3,(H,44,45). The first-order valence-corrected chi connectivity index (χ1v) is 23.0. The minimum absolute atomic E-state index is 0.0907. The Morgan fingerprint density at radius 1 is 0.520 bits per heavy atom. The van der Waals surface area contributed by atoms with Crippen LogP contribution in [-0.4, -0.2) is 49.9 Å². The lowest BCUT2D eigenvalue weighted by Crippen LogP contribution is -2.28. The number of phosphoric ester groups is 1. The monoisotopic (exact) mass is 734 g/mol. The largest absolute Gasteiger partial charge is 0.472 e. The molecular weight excluding hydrogens is 649 g/mol. The molecule has 2 atom stereocenters. The quantitative estimate of drug-likeness (QED) is 0.0362. The summed E-state index contributed by atoms with van der Waals surface area (Å²) in [6.45, 7) is 4.93. The van der Waals surface area contributed by atoms with Gasteiger partial charge in [0.2, 0.25) is 0 Å². The van der Waals surface area contributed by atoms with Gasteiger partial charge in [0.05, 0.1) is 19.8 Å². The van der Waals surface area contributed by atoms with Gasteiger partial charge in [-0.15, -0.1) is 0 Å². The zero-order valence-corrected chi connectivity index (χ0v) is 34.1. The molecule has 0 aromatic heterocycles. The number of esters is 1. The maximum absolute atomic E-state index is 12.5. The summed E-state index contributed by atoms with van der Waals surface area (Å²) >= 11 is 0. The fourth-order valence-corrected chi connectivity index (χ4v) is 7.12. The minimum Gasteiger partial charge on any atom is -0.457 e. The second-order valence-corrected chi connectivity index (χ2v) is 16.0. The maximum Gasteiger partial charge on any atom is 0.472 e. The zero-order valence-electron chi connectivity index (χ0n) is 33.2. The summed E-state index contributed by atoms with van der Waals surface area (Å²) in [4.78, 5) is 22.4. The topological polar surface area (TPSA) is 117 Å². The van der Waals surface area contributed by atoms with Crippen LogP contribution >= 0.6 is 7.82 Å². The van der Waals surface area contributed by atoms with E-state index in [0.717, 1.165) is 32.1 Å². The van der Waals surface area contributed by atoms with Gasteiger partial charge in [0, 0.05) is 19.6 Å². The highest BCUT2D eigenvalue weighted by atomic mass is 31.2. The van der Waals surface area contributed by atoms with Crippen molar-refractivity contribution < 1.29 is 32.8 Å². The van der Waals surface area contributed by atoms with Crippen molar-refractivity contribution in [1.29, 1.82) is 0 Å². The van der Waals surface area contributed by atoms with Gasteiger partial charge in [-0.3, -0.25) is 13.8 Å². The van der Waals surface area contributed by atoms with Gasteiger partial charge in [0.15, 0.2) is 0 Å². The third-order valence-corrected chi connectivity index (χ3v) is 10.5. The second-order valence-electron chi connectivity index (χ2n) is 14.6. The molecule has 2 unspecified atom stereocenters.